The van der Waals surface area contributed by atoms with E-state index in [0.717, 1.165) is 16.8 Å². The number of anilines is 1. The molecule has 0 aromatic heterocycles. The minimum Gasteiger partial charge on any atom is -0.506 e. The number of aryl methyl sites for hydroxylation is 1. The first-order chi connectivity index (χ1) is 12.5. The van der Waals surface area contributed by atoms with E-state index in [0.29, 0.717) is 18.7 Å². The van der Waals surface area contributed by atoms with E-state index < -0.39 is 0 Å². The number of benzene rings is 2. The largest absolute Gasteiger partial charge is 0.506 e. The third kappa shape index (κ3) is 4.27. The average molecular weight is 351 g/mol. The molecule has 134 valence electrons. The normalized spacial score (nSPS) is 13.4. The van der Waals surface area contributed by atoms with Gasteiger partial charge >= 0.3 is 0 Å². The molecule has 2 aromatic rings. The van der Waals surface area contributed by atoms with Crippen molar-refractivity contribution >= 4 is 23.2 Å². The van der Waals surface area contributed by atoms with Crippen LogP contribution in [0.25, 0.3) is 0 Å². The van der Waals surface area contributed by atoms with Crippen LogP contribution in [0.3, 0.4) is 0 Å². The molecule has 1 aliphatic heterocycles. The van der Waals surface area contributed by atoms with Crippen LogP contribution < -0.4 is 5.32 Å². The second-order valence-electron chi connectivity index (χ2n) is 6.25. The Morgan fingerprint density at radius 2 is 1.92 bits per heavy atom. The first-order valence-electron chi connectivity index (χ1n) is 8.55. The van der Waals surface area contributed by atoms with Crippen LogP contribution in [0.5, 0.6) is 5.75 Å². The lowest BCUT2D eigenvalue weighted by Gasteiger charge is -2.11. The predicted octanol–water partition coefficient (Wildman–Crippen LogP) is 3.06. The van der Waals surface area contributed by atoms with Gasteiger partial charge in [0.15, 0.2) is 0 Å². The van der Waals surface area contributed by atoms with Crippen molar-refractivity contribution in [2.45, 2.75) is 26.2 Å². The average Bonchev–Trinajstić information content (AvgIpc) is 3.13. The van der Waals surface area contributed by atoms with E-state index in [1.165, 1.54) is 5.01 Å². The SMILES string of the molecule is Cc1ccc(NC(=O)CCC(=O)N2CCC(c3ccccc3)=N2)c(O)c1. The molecule has 6 nitrogen and oxygen atoms in total. The lowest BCUT2D eigenvalue weighted by atomic mass is 10.1. The second kappa shape index (κ2) is 7.82. The molecular formula is C20H21N3O3. The number of hydrazone groups is 1. The minimum atomic E-state index is -0.316. The fourth-order valence-electron chi connectivity index (χ4n) is 2.78. The third-order valence-corrected chi connectivity index (χ3v) is 4.19. The molecule has 3 rings (SSSR count). The number of nitrogens with zero attached hydrogens (tertiary/aromatic N) is 2. The zero-order chi connectivity index (χ0) is 18.5. The number of rotatable bonds is 5. The molecule has 0 bridgehead atoms. The lowest BCUT2D eigenvalue weighted by Crippen LogP contribution is -2.25. The second-order valence-corrected chi connectivity index (χ2v) is 6.25. The van der Waals surface area contributed by atoms with Crippen LogP contribution in [0.4, 0.5) is 5.69 Å². The highest BCUT2D eigenvalue weighted by Gasteiger charge is 2.22. The highest BCUT2D eigenvalue weighted by atomic mass is 16.3. The number of phenols is 1. The number of phenolic OH excluding ortho intramolecular Hbond substituents is 1. The number of hydrogen-bond acceptors (Lipinski definition) is 4. The molecule has 0 atom stereocenters. The Labute approximate surface area is 152 Å². The molecule has 0 unspecified atom stereocenters. The van der Waals surface area contributed by atoms with Crippen LogP contribution >= 0.6 is 0 Å². The molecule has 0 fully saturated rings. The summed E-state index contributed by atoms with van der Waals surface area (Å²) in [4.78, 5) is 24.3. The topological polar surface area (TPSA) is 82.0 Å². The molecule has 0 radical (unpaired) electrons. The highest BCUT2D eigenvalue weighted by molar-refractivity contribution is 6.02. The van der Waals surface area contributed by atoms with E-state index in [1.54, 1.807) is 18.2 Å². The molecular weight excluding hydrogens is 330 g/mol. The van der Waals surface area contributed by atoms with Crippen molar-refractivity contribution in [3.63, 3.8) is 0 Å². The summed E-state index contributed by atoms with van der Waals surface area (Å²) in [6.45, 7) is 2.38. The maximum absolute atomic E-state index is 12.3. The smallest absolute Gasteiger partial charge is 0.243 e. The minimum absolute atomic E-state index is 0.0151. The van der Waals surface area contributed by atoms with Crippen molar-refractivity contribution < 1.29 is 14.7 Å². The molecule has 0 spiro atoms. The van der Waals surface area contributed by atoms with Crippen LogP contribution in [0.1, 0.15) is 30.4 Å². The maximum Gasteiger partial charge on any atom is 0.243 e. The number of amides is 2. The summed E-state index contributed by atoms with van der Waals surface area (Å²) < 4.78 is 0. The van der Waals surface area contributed by atoms with E-state index in [1.807, 2.05) is 37.3 Å². The summed E-state index contributed by atoms with van der Waals surface area (Å²) >= 11 is 0. The zero-order valence-corrected chi connectivity index (χ0v) is 14.6. The number of carbonyl (C=O) groups excluding carboxylic acids is 2. The molecule has 2 N–H and O–H groups in total. The molecule has 2 aromatic carbocycles. The Kier molecular flexibility index (Phi) is 5.31. The van der Waals surface area contributed by atoms with Crippen LogP contribution in [0.15, 0.2) is 53.6 Å². The summed E-state index contributed by atoms with van der Waals surface area (Å²) in [7, 11) is 0. The predicted molar refractivity (Wildman–Crippen MR) is 100 cm³/mol. The summed E-state index contributed by atoms with van der Waals surface area (Å²) in [5.74, 6) is -0.482. The van der Waals surface area contributed by atoms with Crippen LogP contribution in [0.2, 0.25) is 0 Å². The van der Waals surface area contributed by atoms with Crippen molar-refractivity contribution in [1.29, 1.82) is 0 Å². The van der Waals surface area contributed by atoms with Gasteiger partial charge in [0.25, 0.3) is 0 Å². The quantitative estimate of drug-likeness (QED) is 0.812. The fraction of sp³-hybridized carbons (Fsp3) is 0.250. The molecule has 2 amide bonds. The van der Waals surface area contributed by atoms with Gasteiger partial charge in [0.2, 0.25) is 11.8 Å². The Balaban J connectivity index is 1.52. The molecule has 1 heterocycles. The Morgan fingerprint density at radius 3 is 2.65 bits per heavy atom. The molecule has 26 heavy (non-hydrogen) atoms. The van der Waals surface area contributed by atoms with Gasteiger partial charge in [-0.25, -0.2) is 5.01 Å². The summed E-state index contributed by atoms with van der Waals surface area (Å²) in [5, 5.41) is 18.2. The monoisotopic (exact) mass is 351 g/mol. The van der Waals surface area contributed by atoms with Gasteiger partial charge in [-0.15, -0.1) is 0 Å². The van der Waals surface area contributed by atoms with E-state index in [2.05, 4.69) is 10.4 Å². The lowest BCUT2D eigenvalue weighted by molar-refractivity contribution is -0.132. The van der Waals surface area contributed by atoms with Crippen molar-refractivity contribution in [2.75, 3.05) is 11.9 Å². The van der Waals surface area contributed by atoms with Crippen molar-refractivity contribution in [1.82, 2.24) is 5.01 Å². The van der Waals surface area contributed by atoms with Gasteiger partial charge in [0.1, 0.15) is 5.75 Å². The van der Waals surface area contributed by atoms with Crippen LogP contribution in [0, 0.1) is 6.92 Å². The van der Waals surface area contributed by atoms with Crippen LogP contribution in [-0.4, -0.2) is 34.2 Å². The molecule has 1 aliphatic rings. The number of carbonyl (C=O) groups is 2. The van der Waals surface area contributed by atoms with Gasteiger partial charge in [-0.2, -0.15) is 5.10 Å². The summed E-state index contributed by atoms with van der Waals surface area (Å²) in [6.07, 6.45) is 0.821. The number of nitrogens with one attached hydrogen (secondary N) is 1. The molecule has 0 saturated carbocycles. The van der Waals surface area contributed by atoms with E-state index in [-0.39, 0.29) is 30.4 Å². The first-order valence-corrected chi connectivity index (χ1v) is 8.55. The van der Waals surface area contributed by atoms with Gasteiger partial charge in [0, 0.05) is 19.3 Å². The fourth-order valence-corrected chi connectivity index (χ4v) is 2.78. The maximum atomic E-state index is 12.3. The molecule has 0 saturated heterocycles. The zero-order valence-electron chi connectivity index (χ0n) is 14.6. The van der Waals surface area contributed by atoms with Gasteiger partial charge in [-0.1, -0.05) is 36.4 Å². The third-order valence-electron chi connectivity index (χ3n) is 4.19. The van der Waals surface area contributed by atoms with Crippen molar-refractivity contribution in [3.8, 4) is 5.75 Å². The van der Waals surface area contributed by atoms with Gasteiger partial charge in [0.05, 0.1) is 17.9 Å². The summed E-state index contributed by atoms with van der Waals surface area (Å²) in [6, 6.07) is 14.8. The molecule has 6 heteroatoms. The Bertz CT molecular complexity index is 847. The van der Waals surface area contributed by atoms with Crippen molar-refractivity contribution in [3.05, 3.63) is 59.7 Å². The number of aromatic hydroxyl groups is 1. The first kappa shape index (κ1) is 17.7. The number of hydrogen-bond donors (Lipinski definition) is 2. The standard InChI is InChI=1S/C20H21N3O3/c1-14-7-8-17(18(24)13-14)21-19(25)9-10-20(26)23-12-11-16(22-23)15-5-3-2-4-6-15/h2-8,13,24H,9-12H2,1H3,(H,21,25). The van der Waals surface area contributed by atoms with E-state index in [4.69, 9.17) is 0 Å². The Hall–Kier alpha value is -3.15. The molecule has 0 aliphatic carbocycles. The van der Waals surface area contributed by atoms with E-state index >= 15 is 0 Å². The van der Waals surface area contributed by atoms with Crippen molar-refractivity contribution in [2.24, 2.45) is 5.10 Å². The van der Waals surface area contributed by atoms with Gasteiger partial charge in [-0.05, 0) is 30.2 Å². The Morgan fingerprint density at radius 1 is 1.15 bits per heavy atom. The van der Waals surface area contributed by atoms with Gasteiger partial charge < -0.3 is 10.4 Å². The van der Waals surface area contributed by atoms with Crippen LogP contribution in [-0.2, 0) is 9.59 Å². The van der Waals surface area contributed by atoms with E-state index in [9.17, 15) is 14.7 Å². The highest BCUT2D eigenvalue weighted by Crippen LogP contribution is 2.24. The van der Waals surface area contributed by atoms with Gasteiger partial charge in [-0.3, -0.25) is 9.59 Å². The summed E-state index contributed by atoms with van der Waals surface area (Å²) in [5.41, 5.74) is 3.14.